The first-order valence-electron chi connectivity index (χ1n) is 8.19. The molecule has 9 heteroatoms. The highest BCUT2D eigenvalue weighted by Crippen LogP contribution is 2.34. The largest absolute Gasteiger partial charge is 0.485 e. The van der Waals surface area contributed by atoms with Crippen LogP contribution in [-0.2, 0) is 16.4 Å². The number of carbonyl (C=O) groups excluding carboxylic acids is 1. The van der Waals surface area contributed by atoms with Crippen LogP contribution in [0.1, 0.15) is 22.8 Å². The summed E-state index contributed by atoms with van der Waals surface area (Å²) in [6, 6.07) is 10.2. The molecule has 0 N–H and O–H groups in total. The molecule has 0 unspecified atom stereocenters. The van der Waals surface area contributed by atoms with Gasteiger partial charge < -0.3 is 4.74 Å². The zero-order valence-electron chi connectivity index (χ0n) is 14.8. The van der Waals surface area contributed by atoms with E-state index in [1.807, 2.05) is 6.92 Å². The third-order valence-electron chi connectivity index (χ3n) is 4.33. The second-order valence-electron chi connectivity index (χ2n) is 6.42. The second-order valence-corrected chi connectivity index (χ2v) is 8.28. The van der Waals surface area contributed by atoms with Crippen LogP contribution in [0.2, 0.25) is 0 Å². The summed E-state index contributed by atoms with van der Waals surface area (Å²) in [5.41, 5.74) is 1.77. The monoisotopic (exact) mass is 390 g/mol. The normalized spacial score (nSPS) is 16.1. The quantitative estimate of drug-likeness (QED) is 0.426. The van der Waals surface area contributed by atoms with Crippen molar-refractivity contribution in [3.05, 3.63) is 63.7 Å². The Kier molecular flexibility index (Phi) is 4.88. The van der Waals surface area contributed by atoms with Crippen LogP contribution in [0, 0.1) is 10.1 Å². The molecule has 1 heterocycles. The van der Waals surface area contributed by atoms with Crippen molar-refractivity contribution in [3.63, 3.8) is 0 Å². The van der Waals surface area contributed by atoms with Gasteiger partial charge in [-0.15, -0.1) is 0 Å². The van der Waals surface area contributed by atoms with E-state index in [0.29, 0.717) is 23.4 Å². The summed E-state index contributed by atoms with van der Waals surface area (Å²) in [6.07, 6.45) is 1.70. The van der Waals surface area contributed by atoms with E-state index in [1.54, 1.807) is 18.2 Å². The molecule has 1 aliphatic heterocycles. The zero-order chi connectivity index (χ0) is 19.8. The number of non-ortho nitro benzene ring substituents is 1. The van der Waals surface area contributed by atoms with Crippen molar-refractivity contribution in [1.29, 1.82) is 0 Å². The van der Waals surface area contributed by atoms with Gasteiger partial charge >= 0.3 is 0 Å². The number of ketones is 1. The molecular weight excluding hydrogens is 372 g/mol. The number of Topliss-reactive ketones (excluding diaryl/α,β-unsaturated/α-hetero) is 1. The third-order valence-corrected chi connectivity index (χ3v) is 5.60. The maximum atomic E-state index is 12.4. The Hall–Kier alpha value is -2.94. The van der Waals surface area contributed by atoms with Crippen molar-refractivity contribution < 1.29 is 22.9 Å². The summed E-state index contributed by atoms with van der Waals surface area (Å²) in [4.78, 5) is 22.5. The fourth-order valence-corrected chi connectivity index (χ4v) is 4.44. The standard InChI is InChI=1S/C18H18N2O6S/c1-12-9-14-10-13(3-8-17(14)19(12)27(2,24)25)18(21)11-26-16-6-4-15(5-7-16)20(22)23/h3-8,10,12H,9,11H2,1-2H3/t12-/m1/s1. The highest BCUT2D eigenvalue weighted by atomic mass is 32.2. The molecule has 0 fully saturated rings. The smallest absolute Gasteiger partial charge is 0.269 e. The zero-order valence-corrected chi connectivity index (χ0v) is 15.6. The number of fused-ring (bicyclic) bond motifs is 1. The van der Waals surface area contributed by atoms with E-state index in [2.05, 4.69) is 0 Å². The lowest BCUT2D eigenvalue weighted by Gasteiger charge is -2.21. The van der Waals surface area contributed by atoms with Crippen LogP contribution in [0.4, 0.5) is 11.4 Å². The van der Waals surface area contributed by atoms with Crippen LogP contribution < -0.4 is 9.04 Å². The van der Waals surface area contributed by atoms with Gasteiger partial charge in [-0.3, -0.25) is 19.2 Å². The first-order chi connectivity index (χ1) is 12.7. The van der Waals surface area contributed by atoms with Crippen molar-refractivity contribution >= 4 is 27.2 Å². The van der Waals surface area contributed by atoms with E-state index < -0.39 is 14.9 Å². The maximum absolute atomic E-state index is 12.4. The van der Waals surface area contributed by atoms with Crippen molar-refractivity contribution in [2.75, 3.05) is 17.2 Å². The highest BCUT2D eigenvalue weighted by Gasteiger charge is 2.32. The Morgan fingerprint density at radius 2 is 1.93 bits per heavy atom. The van der Waals surface area contributed by atoms with E-state index in [1.165, 1.54) is 28.6 Å². The van der Waals surface area contributed by atoms with Gasteiger partial charge in [-0.1, -0.05) is 0 Å². The molecule has 1 aliphatic rings. The van der Waals surface area contributed by atoms with Crippen LogP contribution in [0.5, 0.6) is 5.75 Å². The Morgan fingerprint density at radius 3 is 2.52 bits per heavy atom. The summed E-state index contributed by atoms with van der Waals surface area (Å²) in [5.74, 6) is 0.0913. The van der Waals surface area contributed by atoms with Gasteiger partial charge in [0.2, 0.25) is 10.0 Å². The van der Waals surface area contributed by atoms with Gasteiger partial charge in [-0.05, 0) is 49.2 Å². The van der Waals surface area contributed by atoms with Crippen LogP contribution in [-0.4, -0.2) is 38.0 Å². The summed E-state index contributed by atoms with van der Waals surface area (Å²) >= 11 is 0. The number of benzene rings is 2. The second kappa shape index (κ2) is 6.99. The molecule has 0 amide bonds. The number of nitro benzene ring substituents is 1. The number of sulfonamides is 1. The van der Waals surface area contributed by atoms with E-state index in [-0.39, 0.29) is 24.1 Å². The first kappa shape index (κ1) is 18.8. The predicted octanol–water partition coefficient (Wildman–Crippen LogP) is 2.57. The van der Waals surface area contributed by atoms with Gasteiger partial charge in [0.25, 0.3) is 5.69 Å². The van der Waals surface area contributed by atoms with Crippen LogP contribution >= 0.6 is 0 Å². The molecule has 2 aromatic rings. The van der Waals surface area contributed by atoms with Crippen LogP contribution in [0.3, 0.4) is 0 Å². The number of nitrogens with zero attached hydrogens (tertiary/aromatic N) is 2. The summed E-state index contributed by atoms with van der Waals surface area (Å²) in [6.45, 7) is 1.60. The Labute approximate surface area is 156 Å². The minimum atomic E-state index is -3.38. The summed E-state index contributed by atoms with van der Waals surface area (Å²) < 4.78 is 30.7. The lowest BCUT2D eigenvalue weighted by atomic mass is 10.0. The SMILES string of the molecule is C[C@@H]1Cc2cc(C(=O)COc3ccc([N+](=O)[O-])cc3)ccc2N1S(C)(=O)=O. The summed E-state index contributed by atoms with van der Waals surface area (Å²) in [5, 5.41) is 10.6. The number of nitro groups is 1. The average molecular weight is 390 g/mol. The number of anilines is 1. The Bertz CT molecular complexity index is 1000. The molecule has 1 atom stereocenters. The minimum Gasteiger partial charge on any atom is -0.485 e. The van der Waals surface area contributed by atoms with Gasteiger partial charge in [-0.25, -0.2) is 8.42 Å². The maximum Gasteiger partial charge on any atom is 0.269 e. The molecule has 0 aliphatic carbocycles. The lowest BCUT2D eigenvalue weighted by Crippen LogP contribution is -2.34. The number of hydrogen-bond acceptors (Lipinski definition) is 6. The van der Waals surface area contributed by atoms with Crippen molar-refractivity contribution in [2.45, 2.75) is 19.4 Å². The molecule has 0 spiro atoms. The lowest BCUT2D eigenvalue weighted by molar-refractivity contribution is -0.384. The van der Waals surface area contributed by atoms with Crippen molar-refractivity contribution in [2.24, 2.45) is 0 Å². The molecule has 0 bridgehead atoms. The molecular formula is C18H18N2O6S. The number of carbonyl (C=O) groups is 1. The Balaban J connectivity index is 1.71. The van der Waals surface area contributed by atoms with Crippen molar-refractivity contribution in [1.82, 2.24) is 0 Å². The topological polar surface area (TPSA) is 107 Å². The van der Waals surface area contributed by atoms with Gasteiger partial charge in [0.05, 0.1) is 16.9 Å². The predicted molar refractivity (Wildman–Crippen MR) is 99.9 cm³/mol. The number of rotatable bonds is 6. The molecule has 3 rings (SSSR count). The molecule has 0 radical (unpaired) electrons. The summed E-state index contributed by atoms with van der Waals surface area (Å²) in [7, 11) is -3.38. The Morgan fingerprint density at radius 1 is 1.26 bits per heavy atom. The molecule has 0 saturated carbocycles. The highest BCUT2D eigenvalue weighted by molar-refractivity contribution is 7.92. The number of ether oxygens (including phenoxy) is 1. The average Bonchev–Trinajstić information content (AvgIpc) is 2.94. The van der Waals surface area contributed by atoms with E-state index in [0.717, 1.165) is 11.8 Å². The van der Waals surface area contributed by atoms with Gasteiger partial charge in [0.15, 0.2) is 12.4 Å². The molecule has 2 aromatic carbocycles. The molecule has 8 nitrogen and oxygen atoms in total. The van der Waals surface area contributed by atoms with E-state index >= 15 is 0 Å². The first-order valence-corrected chi connectivity index (χ1v) is 10.0. The van der Waals surface area contributed by atoms with E-state index in [4.69, 9.17) is 4.74 Å². The van der Waals surface area contributed by atoms with E-state index in [9.17, 15) is 23.3 Å². The molecule has 0 saturated heterocycles. The van der Waals surface area contributed by atoms with Gasteiger partial charge in [-0.2, -0.15) is 0 Å². The van der Waals surface area contributed by atoms with Gasteiger partial charge in [0.1, 0.15) is 5.75 Å². The molecule has 27 heavy (non-hydrogen) atoms. The van der Waals surface area contributed by atoms with Gasteiger partial charge in [0, 0.05) is 23.7 Å². The van der Waals surface area contributed by atoms with Crippen LogP contribution in [0.15, 0.2) is 42.5 Å². The fraction of sp³-hybridized carbons (Fsp3) is 0.278. The minimum absolute atomic E-state index is 0.0585. The molecule has 142 valence electrons. The third kappa shape index (κ3) is 3.92. The fourth-order valence-electron chi connectivity index (χ4n) is 3.18. The van der Waals surface area contributed by atoms with Crippen LogP contribution in [0.25, 0.3) is 0 Å². The molecule has 0 aromatic heterocycles. The number of hydrogen-bond donors (Lipinski definition) is 0. The van der Waals surface area contributed by atoms with Crippen molar-refractivity contribution in [3.8, 4) is 5.75 Å².